The molecule has 1 heteroatoms. The van der Waals surface area contributed by atoms with Gasteiger partial charge in [-0.2, -0.15) is 0 Å². The SMILES string of the molecule is CC1=NC=C2CC(c3ccccc3)=CC21. The molecule has 15 heavy (non-hydrogen) atoms. The molecule has 1 nitrogen and oxygen atoms in total. The molecule has 3 rings (SSSR count). The van der Waals surface area contributed by atoms with E-state index < -0.39 is 0 Å². The van der Waals surface area contributed by atoms with Crippen molar-refractivity contribution in [2.45, 2.75) is 13.3 Å². The van der Waals surface area contributed by atoms with Crippen LogP contribution in [0.2, 0.25) is 0 Å². The van der Waals surface area contributed by atoms with E-state index in [9.17, 15) is 0 Å². The fourth-order valence-corrected chi connectivity index (χ4v) is 2.33. The van der Waals surface area contributed by atoms with Gasteiger partial charge < -0.3 is 0 Å². The van der Waals surface area contributed by atoms with E-state index >= 15 is 0 Å². The highest BCUT2D eigenvalue weighted by Gasteiger charge is 2.26. The summed E-state index contributed by atoms with van der Waals surface area (Å²) in [5.74, 6) is 0.486. The van der Waals surface area contributed by atoms with Gasteiger partial charge in [-0.1, -0.05) is 36.4 Å². The quantitative estimate of drug-likeness (QED) is 0.650. The average Bonchev–Trinajstić information content (AvgIpc) is 2.83. The molecular weight excluding hydrogens is 182 g/mol. The number of aliphatic imine (C=N–C) groups is 1. The Balaban J connectivity index is 1.96. The maximum Gasteiger partial charge on any atom is 0.0387 e. The summed E-state index contributed by atoms with van der Waals surface area (Å²) in [6.45, 7) is 2.11. The summed E-state index contributed by atoms with van der Waals surface area (Å²) in [6, 6.07) is 10.6. The fraction of sp³-hybridized carbons (Fsp3) is 0.214. The molecule has 0 radical (unpaired) electrons. The molecule has 0 spiro atoms. The van der Waals surface area contributed by atoms with Gasteiger partial charge in [-0.05, 0) is 30.1 Å². The Morgan fingerprint density at radius 2 is 2.00 bits per heavy atom. The highest BCUT2D eigenvalue weighted by atomic mass is 14.8. The predicted octanol–water partition coefficient (Wildman–Crippen LogP) is 3.45. The van der Waals surface area contributed by atoms with E-state index in [0.717, 1.165) is 6.42 Å². The van der Waals surface area contributed by atoms with E-state index in [1.807, 2.05) is 6.20 Å². The molecule has 74 valence electrons. The zero-order chi connectivity index (χ0) is 10.3. The standard InChI is InChI=1S/C14H13N/c1-10-14-8-12(7-13(14)9-15-10)11-5-3-2-4-6-11/h2-6,8-9,14H,7H2,1H3. The highest BCUT2D eigenvalue weighted by molar-refractivity contribution is 5.95. The van der Waals surface area contributed by atoms with Crippen LogP contribution in [0.15, 0.2) is 53.2 Å². The summed E-state index contributed by atoms with van der Waals surface area (Å²) in [6.07, 6.45) is 5.45. The van der Waals surface area contributed by atoms with Crippen molar-refractivity contribution in [3.63, 3.8) is 0 Å². The molecule has 1 unspecified atom stereocenters. The van der Waals surface area contributed by atoms with Crippen LogP contribution in [0.1, 0.15) is 18.9 Å². The summed E-state index contributed by atoms with van der Waals surface area (Å²) in [7, 11) is 0. The van der Waals surface area contributed by atoms with Crippen molar-refractivity contribution in [2.24, 2.45) is 10.9 Å². The lowest BCUT2D eigenvalue weighted by Gasteiger charge is -2.00. The molecule has 0 bridgehead atoms. The molecule has 1 atom stereocenters. The smallest absolute Gasteiger partial charge is 0.0387 e. The lowest BCUT2D eigenvalue weighted by molar-refractivity contribution is 1.06. The van der Waals surface area contributed by atoms with Crippen LogP contribution in [0, 0.1) is 5.92 Å². The Hall–Kier alpha value is -1.63. The Bertz CT molecular complexity index is 477. The van der Waals surface area contributed by atoms with Crippen LogP contribution in [0.25, 0.3) is 5.57 Å². The van der Waals surface area contributed by atoms with Gasteiger partial charge in [-0.15, -0.1) is 0 Å². The van der Waals surface area contributed by atoms with Crippen LogP contribution in [0.5, 0.6) is 0 Å². The molecule has 0 aromatic heterocycles. The van der Waals surface area contributed by atoms with Gasteiger partial charge in [0, 0.05) is 17.8 Å². The molecule has 1 aromatic carbocycles. The van der Waals surface area contributed by atoms with Gasteiger partial charge >= 0.3 is 0 Å². The number of hydrogen-bond acceptors (Lipinski definition) is 1. The summed E-state index contributed by atoms with van der Waals surface area (Å²) in [4.78, 5) is 4.36. The Morgan fingerprint density at radius 1 is 1.20 bits per heavy atom. The number of hydrogen-bond donors (Lipinski definition) is 0. The highest BCUT2D eigenvalue weighted by Crippen LogP contribution is 2.39. The number of nitrogens with zero attached hydrogens (tertiary/aromatic N) is 1. The minimum absolute atomic E-state index is 0.486. The fourth-order valence-electron chi connectivity index (χ4n) is 2.33. The largest absolute Gasteiger partial charge is 0.265 e. The van der Waals surface area contributed by atoms with Crippen LogP contribution in [-0.2, 0) is 0 Å². The van der Waals surface area contributed by atoms with Gasteiger partial charge in [0.15, 0.2) is 0 Å². The summed E-state index contributed by atoms with van der Waals surface area (Å²) < 4.78 is 0. The third kappa shape index (κ3) is 1.35. The van der Waals surface area contributed by atoms with Crippen molar-refractivity contribution in [2.75, 3.05) is 0 Å². The van der Waals surface area contributed by atoms with Crippen LogP contribution < -0.4 is 0 Å². The zero-order valence-corrected chi connectivity index (χ0v) is 8.77. The molecule has 1 heterocycles. The molecule has 1 aromatic rings. The lowest BCUT2D eigenvalue weighted by Crippen LogP contribution is -2.01. The van der Waals surface area contributed by atoms with Crippen molar-refractivity contribution in [3.05, 3.63) is 53.7 Å². The molecular formula is C14H13N. The molecule has 2 aliphatic rings. The number of rotatable bonds is 1. The minimum atomic E-state index is 0.486. The molecule has 0 saturated heterocycles. The summed E-state index contributed by atoms with van der Waals surface area (Å²) >= 11 is 0. The van der Waals surface area contributed by atoms with Gasteiger partial charge in [0.05, 0.1) is 0 Å². The normalized spacial score (nSPS) is 23.3. The van der Waals surface area contributed by atoms with Crippen molar-refractivity contribution in [1.29, 1.82) is 0 Å². The summed E-state index contributed by atoms with van der Waals surface area (Å²) in [5.41, 5.74) is 5.48. The third-order valence-electron chi connectivity index (χ3n) is 3.19. The van der Waals surface area contributed by atoms with Crippen LogP contribution in [-0.4, -0.2) is 5.71 Å². The predicted molar refractivity (Wildman–Crippen MR) is 63.7 cm³/mol. The number of fused-ring (bicyclic) bond motifs is 1. The monoisotopic (exact) mass is 195 g/mol. The lowest BCUT2D eigenvalue weighted by atomic mass is 10.0. The van der Waals surface area contributed by atoms with Gasteiger partial charge in [-0.3, -0.25) is 4.99 Å². The van der Waals surface area contributed by atoms with E-state index in [-0.39, 0.29) is 0 Å². The second-order valence-corrected chi connectivity index (χ2v) is 4.19. The van der Waals surface area contributed by atoms with Gasteiger partial charge in [0.1, 0.15) is 0 Å². The number of allylic oxidation sites excluding steroid dienone is 3. The second-order valence-electron chi connectivity index (χ2n) is 4.19. The van der Waals surface area contributed by atoms with Crippen LogP contribution >= 0.6 is 0 Å². The minimum Gasteiger partial charge on any atom is -0.265 e. The van der Waals surface area contributed by atoms with Crippen molar-refractivity contribution < 1.29 is 0 Å². The molecule has 0 amide bonds. The van der Waals surface area contributed by atoms with E-state index in [1.54, 1.807) is 0 Å². The first-order valence-electron chi connectivity index (χ1n) is 5.34. The van der Waals surface area contributed by atoms with Gasteiger partial charge in [-0.25, -0.2) is 0 Å². The molecule has 0 N–H and O–H groups in total. The second kappa shape index (κ2) is 3.20. The summed E-state index contributed by atoms with van der Waals surface area (Å²) in [5, 5.41) is 0. The van der Waals surface area contributed by atoms with E-state index in [4.69, 9.17) is 0 Å². The van der Waals surface area contributed by atoms with Crippen molar-refractivity contribution >= 4 is 11.3 Å². The third-order valence-corrected chi connectivity index (χ3v) is 3.19. The Morgan fingerprint density at radius 3 is 2.73 bits per heavy atom. The first-order chi connectivity index (χ1) is 7.34. The average molecular weight is 195 g/mol. The zero-order valence-electron chi connectivity index (χ0n) is 8.77. The van der Waals surface area contributed by atoms with Gasteiger partial charge in [0.2, 0.25) is 0 Å². The molecule has 0 saturated carbocycles. The van der Waals surface area contributed by atoms with Crippen LogP contribution in [0.3, 0.4) is 0 Å². The molecule has 1 aliphatic heterocycles. The molecule has 0 fully saturated rings. The van der Waals surface area contributed by atoms with Crippen molar-refractivity contribution in [1.82, 2.24) is 0 Å². The maximum atomic E-state index is 4.36. The number of benzene rings is 1. The first-order valence-corrected chi connectivity index (χ1v) is 5.34. The Kier molecular flexibility index (Phi) is 1.84. The van der Waals surface area contributed by atoms with E-state index in [0.29, 0.717) is 5.92 Å². The van der Waals surface area contributed by atoms with Crippen LogP contribution in [0.4, 0.5) is 0 Å². The van der Waals surface area contributed by atoms with Crippen molar-refractivity contribution in [3.8, 4) is 0 Å². The van der Waals surface area contributed by atoms with E-state index in [2.05, 4.69) is 48.3 Å². The maximum absolute atomic E-state index is 4.36. The Labute approximate surface area is 89.9 Å². The first kappa shape index (κ1) is 8.66. The molecule has 1 aliphatic carbocycles. The van der Waals surface area contributed by atoms with E-state index in [1.165, 1.54) is 22.4 Å². The topological polar surface area (TPSA) is 12.4 Å². The van der Waals surface area contributed by atoms with Gasteiger partial charge in [0.25, 0.3) is 0 Å².